The summed E-state index contributed by atoms with van der Waals surface area (Å²) in [6.07, 6.45) is 3.15. The lowest BCUT2D eigenvalue weighted by molar-refractivity contribution is 0.0953. The Morgan fingerprint density at radius 1 is 1.36 bits per heavy atom. The Bertz CT molecular complexity index is 720. The summed E-state index contributed by atoms with van der Waals surface area (Å²) in [5, 5.41) is 17.4. The monoisotopic (exact) mass is 342 g/mol. The Kier molecular flexibility index (Phi) is 5.48. The third kappa shape index (κ3) is 4.66. The molecule has 6 nitrogen and oxygen atoms in total. The molecule has 1 aromatic carbocycles. The van der Waals surface area contributed by atoms with Crippen LogP contribution in [0.5, 0.6) is 0 Å². The highest BCUT2D eigenvalue weighted by Gasteiger charge is 2.29. The fraction of sp³-hybridized carbons (Fsp3) is 0.526. The van der Waals surface area contributed by atoms with Crippen molar-refractivity contribution >= 4 is 5.91 Å². The maximum atomic E-state index is 12.2. The number of hydrogen-bond donors (Lipinski definition) is 2. The SMILES string of the molecule is CC[C@H](O)Cn1nc(C2CC2)nc1CCNC(=O)c1ccc(C)cc1. The molecule has 1 aromatic heterocycles. The van der Waals surface area contributed by atoms with E-state index in [0.29, 0.717) is 37.4 Å². The smallest absolute Gasteiger partial charge is 0.251 e. The topological polar surface area (TPSA) is 80.0 Å². The number of rotatable bonds is 8. The van der Waals surface area contributed by atoms with Crippen LogP contribution in [-0.4, -0.2) is 38.4 Å². The van der Waals surface area contributed by atoms with Gasteiger partial charge in [0.2, 0.25) is 0 Å². The van der Waals surface area contributed by atoms with Gasteiger partial charge in [-0.15, -0.1) is 0 Å². The number of aliphatic hydroxyl groups excluding tert-OH is 1. The van der Waals surface area contributed by atoms with Crippen molar-refractivity contribution in [2.24, 2.45) is 0 Å². The van der Waals surface area contributed by atoms with Gasteiger partial charge in [0.1, 0.15) is 5.82 Å². The lowest BCUT2D eigenvalue weighted by Gasteiger charge is -2.10. The van der Waals surface area contributed by atoms with Gasteiger partial charge in [0, 0.05) is 24.4 Å². The summed E-state index contributed by atoms with van der Waals surface area (Å²) in [5.74, 6) is 2.10. The minimum atomic E-state index is -0.422. The third-order valence-electron chi connectivity index (χ3n) is 4.51. The summed E-state index contributed by atoms with van der Waals surface area (Å²) in [6, 6.07) is 7.52. The van der Waals surface area contributed by atoms with E-state index < -0.39 is 6.10 Å². The molecule has 0 aliphatic heterocycles. The van der Waals surface area contributed by atoms with Gasteiger partial charge in [-0.3, -0.25) is 4.79 Å². The van der Waals surface area contributed by atoms with Crippen LogP contribution < -0.4 is 5.32 Å². The molecule has 1 amide bonds. The maximum absolute atomic E-state index is 12.2. The number of hydrogen-bond acceptors (Lipinski definition) is 4. The number of aromatic nitrogens is 3. The molecule has 6 heteroatoms. The zero-order chi connectivity index (χ0) is 17.8. The molecule has 1 fully saturated rings. The number of aryl methyl sites for hydroxylation is 1. The van der Waals surface area contributed by atoms with Gasteiger partial charge in [0.25, 0.3) is 5.91 Å². The first-order valence-corrected chi connectivity index (χ1v) is 9.03. The second kappa shape index (κ2) is 7.78. The maximum Gasteiger partial charge on any atom is 0.251 e. The summed E-state index contributed by atoms with van der Waals surface area (Å²) in [5.41, 5.74) is 1.79. The second-order valence-electron chi connectivity index (χ2n) is 6.78. The van der Waals surface area contributed by atoms with E-state index in [4.69, 9.17) is 0 Å². The van der Waals surface area contributed by atoms with Crippen LogP contribution in [0, 0.1) is 6.92 Å². The largest absolute Gasteiger partial charge is 0.391 e. The van der Waals surface area contributed by atoms with E-state index in [2.05, 4.69) is 15.4 Å². The highest BCUT2D eigenvalue weighted by Crippen LogP contribution is 2.38. The normalized spacial score (nSPS) is 15.2. The van der Waals surface area contributed by atoms with E-state index in [1.165, 1.54) is 0 Å². The van der Waals surface area contributed by atoms with Crippen LogP contribution in [0.25, 0.3) is 0 Å². The molecule has 0 saturated heterocycles. The highest BCUT2D eigenvalue weighted by molar-refractivity contribution is 5.94. The van der Waals surface area contributed by atoms with Crippen molar-refractivity contribution in [1.82, 2.24) is 20.1 Å². The van der Waals surface area contributed by atoms with Crippen LogP contribution in [0.1, 0.15) is 59.7 Å². The van der Waals surface area contributed by atoms with Gasteiger partial charge >= 0.3 is 0 Å². The highest BCUT2D eigenvalue weighted by atomic mass is 16.3. The van der Waals surface area contributed by atoms with Gasteiger partial charge in [-0.2, -0.15) is 5.10 Å². The molecule has 25 heavy (non-hydrogen) atoms. The van der Waals surface area contributed by atoms with Crippen molar-refractivity contribution in [1.29, 1.82) is 0 Å². The first-order valence-electron chi connectivity index (χ1n) is 9.03. The van der Waals surface area contributed by atoms with E-state index in [0.717, 1.165) is 30.1 Å². The molecule has 0 radical (unpaired) electrons. The lowest BCUT2D eigenvalue weighted by Crippen LogP contribution is -2.27. The van der Waals surface area contributed by atoms with Crippen LogP contribution >= 0.6 is 0 Å². The fourth-order valence-electron chi connectivity index (χ4n) is 2.66. The molecule has 0 spiro atoms. The van der Waals surface area contributed by atoms with Crippen molar-refractivity contribution in [3.05, 3.63) is 47.0 Å². The summed E-state index contributed by atoms with van der Waals surface area (Å²) in [6.45, 7) is 4.90. The molecule has 1 atom stereocenters. The Balaban J connectivity index is 1.59. The Hall–Kier alpha value is -2.21. The Morgan fingerprint density at radius 3 is 2.72 bits per heavy atom. The standard InChI is InChI=1S/C19H26N4O2/c1-3-16(24)12-23-17(21-18(22-23)14-8-9-14)10-11-20-19(25)15-6-4-13(2)5-7-15/h4-7,14,16,24H,3,8-12H2,1-2H3,(H,20,25)/t16-/m0/s1. The van der Waals surface area contributed by atoms with Gasteiger partial charge in [-0.25, -0.2) is 9.67 Å². The first-order chi connectivity index (χ1) is 12.1. The molecule has 0 bridgehead atoms. The second-order valence-corrected chi connectivity index (χ2v) is 6.78. The number of amides is 1. The van der Waals surface area contributed by atoms with Gasteiger partial charge in [0.05, 0.1) is 12.6 Å². The number of carbonyl (C=O) groups excluding carboxylic acids is 1. The zero-order valence-electron chi connectivity index (χ0n) is 14.9. The van der Waals surface area contributed by atoms with Crippen molar-refractivity contribution in [2.75, 3.05) is 6.54 Å². The third-order valence-corrected chi connectivity index (χ3v) is 4.51. The average Bonchev–Trinajstić information content (AvgIpc) is 3.38. The predicted octanol–water partition coefficient (Wildman–Crippen LogP) is 2.21. The average molecular weight is 342 g/mol. The van der Waals surface area contributed by atoms with Crippen molar-refractivity contribution in [3.63, 3.8) is 0 Å². The van der Waals surface area contributed by atoms with E-state index >= 15 is 0 Å². The van der Waals surface area contributed by atoms with Gasteiger partial charge in [0.15, 0.2) is 5.82 Å². The molecule has 1 heterocycles. The number of nitrogens with zero attached hydrogens (tertiary/aromatic N) is 3. The number of nitrogens with one attached hydrogen (secondary N) is 1. The van der Waals surface area contributed by atoms with E-state index in [1.807, 2.05) is 38.1 Å². The van der Waals surface area contributed by atoms with E-state index in [9.17, 15) is 9.90 Å². The minimum Gasteiger partial charge on any atom is -0.391 e. The summed E-state index contributed by atoms with van der Waals surface area (Å²) < 4.78 is 1.81. The molecule has 1 saturated carbocycles. The molecule has 1 aliphatic rings. The predicted molar refractivity (Wildman–Crippen MR) is 95.5 cm³/mol. The molecule has 2 N–H and O–H groups in total. The van der Waals surface area contributed by atoms with Crippen LogP contribution in [0.3, 0.4) is 0 Å². The fourth-order valence-corrected chi connectivity index (χ4v) is 2.66. The van der Waals surface area contributed by atoms with Gasteiger partial charge < -0.3 is 10.4 Å². The summed E-state index contributed by atoms with van der Waals surface area (Å²) >= 11 is 0. The lowest BCUT2D eigenvalue weighted by atomic mass is 10.1. The zero-order valence-corrected chi connectivity index (χ0v) is 14.9. The summed E-state index contributed by atoms with van der Waals surface area (Å²) in [4.78, 5) is 16.8. The number of aliphatic hydroxyl groups is 1. The molecular formula is C19H26N4O2. The molecule has 2 aromatic rings. The minimum absolute atomic E-state index is 0.0814. The molecule has 134 valence electrons. The van der Waals surface area contributed by atoms with Crippen molar-refractivity contribution < 1.29 is 9.90 Å². The molecule has 1 aliphatic carbocycles. The van der Waals surface area contributed by atoms with Crippen molar-refractivity contribution in [2.45, 2.75) is 58.1 Å². The van der Waals surface area contributed by atoms with Crippen LogP contribution in [0.4, 0.5) is 0 Å². The molecule has 0 unspecified atom stereocenters. The summed E-state index contributed by atoms with van der Waals surface area (Å²) in [7, 11) is 0. The first kappa shape index (κ1) is 17.6. The quantitative estimate of drug-likeness (QED) is 0.771. The van der Waals surface area contributed by atoms with Crippen LogP contribution in [-0.2, 0) is 13.0 Å². The van der Waals surface area contributed by atoms with E-state index in [1.54, 1.807) is 4.68 Å². The Morgan fingerprint density at radius 2 is 2.08 bits per heavy atom. The van der Waals surface area contributed by atoms with Gasteiger partial charge in [-0.05, 0) is 38.3 Å². The van der Waals surface area contributed by atoms with Crippen molar-refractivity contribution in [3.8, 4) is 0 Å². The van der Waals surface area contributed by atoms with Crippen LogP contribution in [0.2, 0.25) is 0 Å². The van der Waals surface area contributed by atoms with Crippen LogP contribution in [0.15, 0.2) is 24.3 Å². The molecule has 3 rings (SSSR count). The number of carbonyl (C=O) groups is 1. The Labute approximate surface area is 148 Å². The number of benzene rings is 1. The van der Waals surface area contributed by atoms with Gasteiger partial charge in [-0.1, -0.05) is 24.6 Å². The molecular weight excluding hydrogens is 316 g/mol. The van der Waals surface area contributed by atoms with E-state index in [-0.39, 0.29) is 5.91 Å².